The second-order valence-corrected chi connectivity index (χ2v) is 8.63. The highest BCUT2D eigenvalue weighted by Crippen LogP contribution is 2.26. The molecule has 1 N–H and O–H groups in total. The van der Waals surface area contributed by atoms with Crippen LogP contribution in [-0.2, 0) is 6.54 Å². The molecule has 2 heterocycles. The monoisotopic (exact) mass is 454 g/mol. The lowest BCUT2D eigenvalue weighted by molar-refractivity contribution is 0.0955. The highest BCUT2D eigenvalue weighted by molar-refractivity contribution is 6.02. The maximum Gasteiger partial charge on any atom is 0.271 e. The molecule has 3 aromatic carbocycles. The van der Waals surface area contributed by atoms with Gasteiger partial charge in [-0.05, 0) is 56.2 Å². The number of hydrogen-bond donors (Lipinski definition) is 1. The Balaban J connectivity index is 1.35. The van der Waals surface area contributed by atoms with Crippen LogP contribution in [0.1, 0.15) is 40.0 Å². The number of carbonyl (C=O) groups is 1. The van der Waals surface area contributed by atoms with E-state index in [1.807, 2.05) is 61.5 Å². The van der Waals surface area contributed by atoms with Gasteiger partial charge in [-0.25, -0.2) is 9.82 Å². The largest absolute Gasteiger partial charge is 0.372 e. The molecule has 0 spiro atoms. The molecular formula is C28H27FN4O. The summed E-state index contributed by atoms with van der Waals surface area (Å²) >= 11 is 0. The minimum atomic E-state index is -0.253. The zero-order chi connectivity index (χ0) is 23.5. The van der Waals surface area contributed by atoms with Crippen LogP contribution >= 0.6 is 0 Å². The van der Waals surface area contributed by atoms with Crippen molar-refractivity contribution in [1.29, 1.82) is 0 Å². The van der Waals surface area contributed by atoms with Gasteiger partial charge < -0.3 is 9.47 Å². The number of carbonyl (C=O) groups excluding carboxylic acids is 1. The molecule has 0 unspecified atom stereocenters. The molecular weight excluding hydrogens is 427 g/mol. The van der Waals surface area contributed by atoms with Crippen molar-refractivity contribution in [3.8, 4) is 0 Å². The van der Waals surface area contributed by atoms with Crippen LogP contribution in [0.4, 0.5) is 10.1 Å². The number of hydrazone groups is 1. The Morgan fingerprint density at radius 2 is 1.71 bits per heavy atom. The summed E-state index contributed by atoms with van der Waals surface area (Å²) in [5, 5.41) is 5.25. The highest BCUT2D eigenvalue weighted by Gasteiger charge is 2.15. The topological polar surface area (TPSA) is 49.6 Å². The number of fused-ring (bicyclic) bond motifs is 1. The molecule has 34 heavy (non-hydrogen) atoms. The molecule has 1 aromatic heterocycles. The predicted molar refractivity (Wildman–Crippen MR) is 135 cm³/mol. The third-order valence-corrected chi connectivity index (χ3v) is 6.53. The van der Waals surface area contributed by atoms with Crippen LogP contribution in [0, 0.1) is 12.7 Å². The third-order valence-electron chi connectivity index (χ3n) is 6.53. The Morgan fingerprint density at radius 1 is 1.00 bits per heavy atom. The van der Waals surface area contributed by atoms with Gasteiger partial charge in [0, 0.05) is 52.1 Å². The molecule has 0 atom stereocenters. The van der Waals surface area contributed by atoms with Crippen molar-refractivity contribution < 1.29 is 9.18 Å². The average Bonchev–Trinajstić information content (AvgIpc) is 3.49. The van der Waals surface area contributed by atoms with E-state index < -0.39 is 0 Å². The zero-order valence-corrected chi connectivity index (χ0v) is 19.2. The van der Waals surface area contributed by atoms with E-state index in [1.165, 1.54) is 18.9 Å². The summed E-state index contributed by atoms with van der Waals surface area (Å²) in [6.45, 7) is 4.54. The second kappa shape index (κ2) is 9.51. The first kappa shape index (κ1) is 21.9. The van der Waals surface area contributed by atoms with Gasteiger partial charge in [-0.15, -0.1) is 0 Å². The van der Waals surface area contributed by atoms with E-state index >= 15 is 0 Å². The first-order valence-corrected chi connectivity index (χ1v) is 11.6. The summed E-state index contributed by atoms with van der Waals surface area (Å²) in [5.74, 6) is -0.477. The lowest BCUT2D eigenvalue weighted by Gasteiger charge is -2.17. The number of benzene rings is 3. The van der Waals surface area contributed by atoms with Crippen molar-refractivity contribution >= 4 is 28.7 Å². The lowest BCUT2D eigenvalue weighted by Crippen LogP contribution is -2.19. The van der Waals surface area contributed by atoms with Gasteiger partial charge in [-0.3, -0.25) is 4.79 Å². The minimum absolute atomic E-state index is 0.224. The fourth-order valence-corrected chi connectivity index (χ4v) is 4.64. The molecule has 5 rings (SSSR count). The SMILES string of the molecule is Cc1c(/C=N\NC(=O)c2ccc(N3CCCC3)cc2)c2ccccc2n1Cc1ccccc1F. The molecule has 1 amide bonds. The summed E-state index contributed by atoms with van der Waals surface area (Å²) in [4.78, 5) is 14.9. The fourth-order valence-electron chi connectivity index (χ4n) is 4.64. The van der Waals surface area contributed by atoms with Crippen LogP contribution in [0.2, 0.25) is 0 Å². The third kappa shape index (κ3) is 4.31. The molecule has 1 aliphatic heterocycles. The Labute approximate surface area is 198 Å². The summed E-state index contributed by atoms with van der Waals surface area (Å²) in [6, 6.07) is 22.4. The van der Waals surface area contributed by atoms with Crippen LogP contribution in [0.15, 0.2) is 77.9 Å². The van der Waals surface area contributed by atoms with Crippen LogP contribution in [-0.4, -0.2) is 29.8 Å². The Kier molecular flexibility index (Phi) is 6.12. The van der Waals surface area contributed by atoms with E-state index in [0.29, 0.717) is 17.7 Å². The van der Waals surface area contributed by atoms with Crippen LogP contribution in [0.3, 0.4) is 0 Å². The quantitative estimate of drug-likeness (QED) is 0.309. The summed E-state index contributed by atoms with van der Waals surface area (Å²) in [6.07, 6.45) is 4.10. The maximum atomic E-state index is 14.3. The molecule has 1 fully saturated rings. The zero-order valence-electron chi connectivity index (χ0n) is 19.2. The van der Waals surface area contributed by atoms with E-state index in [0.717, 1.165) is 40.9 Å². The van der Waals surface area contributed by atoms with Crippen LogP contribution in [0.5, 0.6) is 0 Å². The minimum Gasteiger partial charge on any atom is -0.372 e. The number of aromatic nitrogens is 1. The molecule has 1 aliphatic rings. The van der Waals surface area contributed by atoms with Crippen molar-refractivity contribution in [2.45, 2.75) is 26.3 Å². The van der Waals surface area contributed by atoms with Crippen molar-refractivity contribution in [3.05, 3.63) is 101 Å². The van der Waals surface area contributed by atoms with Crippen LogP contribution < -0.4 is 10.3 Å². The molecule has 0 saturated carbocycles. The highest BCUT2D eigenvalue weighted by atomic mass is 19.1. The summed E-state index contributed by atoms with van der Waals surface area (Å²) in [5.41, 5.74) is 7.84. The number of nitrogens with one attached hydrogen (secondary N) is 1. The van der Waals surface area contributed by atoms with Gasteiger partial charge in [0.1, 0.15) is 5.82 Å². The predicted octanol–water partition coefficient (Wildman–Crippen LogP) is 5.50. The molecule has 6 heteroatoms. The fraction of sp³-hybridized carbons (Fsp3) is 0.214. The van der Waals surface area contributed by atoms with Crippen molar-refractivity contribution in [3.63, 3.8) is 0 Å². The molecule has 1 saturated heterocycles. The van der Waals surface area contributed by atoms with Crippen molar-refractivity contribution in [2.24, 2.45) is 5.10 Å². The van der Waals surface area contributed by atoms with E-state index in [9.17, 15) is 9.18 Å². The Hall–Kier alpha value is -3.93. The van der Waals surface area contributed by atoms with E-state index in [-0.39, 0.29) is 11.7 Å². The first-order valence-electron chi connectivity index (χ1n) is 11.6. The number of nitrogens with zero attached hydrogens (tertiary/aromatic N) is 3. The van der Waals surface area contributed by atoms with Gasteiger partial charge in [0.05, 0.1) is 12.8 Å². The molecule has 172 valence electrons. The normalized spacial score (nSPS) is 13.8. The average molecular weight is 455 g/mol. The Bertz CT molecular complexity index is 1350. The number of rotatable bonds is 6. The van der Waals surface area contributed by atoms with E-state index in [1.54, 1.807) is 18.3 Å². The maximum absolute atomic E-state index is 14.3. The molecule has 0 aliphatic carbocycles. The van der Waals surface area contributed by atoms with Crippen molar-refractivity contribution in [2.75, 3.05) is 18.0 Å². The number of para-hydroxylation sites is 1. The van der Waals surface area contributed by atoms with Gasteiger partial charge in [0.2, 0.25) is 0 Å². The summed E-state index contributed by atoms with van der Waals surface area (Å²) in [7, 11) is 0. The van der Waals surface area contributed by atoms with E-state index in [2.05, 4.69) is 20.0 Å². The molecule has 4 aromatic rings. The first-order chi connectivity index (χ1) is 16.6. The lowest BCUT2D eigenvalue weighted by atomic mass is 10.1. The molecule has 0 radical (unpaired) electrons. The Morgan fingerprint density at radius 3 is 2.47 bits per heavy atom. The molecule has 0 bridgehead atoms. The smallest absolute Gasteiger partial charge is 0.271 e. The number of amides is 1. The van der Waals surface area contributed by atoms with Gasteiger partial charge >= 0.3 is 0 Å². The van der Waals surface area contributed by atoms with Gasteiger partial charge in [0.25, 0.3) is 5.91 Å². The summed E-state index contributed by atoms with van der Waals surface area (Å²) < 4.78 is 16.4. The number of anilines is 1. The number of halogens is 1. The second-order valence-electron chi connectivity index (χ2n) is 8.63. The standard InChI is InChI=1S/C28H27FN4O/c1-20-25(18-30-31-28(34)21-12-14-23(15-13-21)32-16-6-7-17-32)24-9-3-5-11-27(24)33(20)19-22-8-2-4-10-26(22)29/h2-5,8-15,18H,6-7,16-17,19H2,1H3,(H,31,34)/b30-18-. The van der Waals surface area contributed by atoms with Gasteiger partial charge in [0.15, 0.2) is 0 Å². The van der Waals surface area contributed by atoms with Crippen molar-refractivity contribution in [1.82, 2.24) is 9.99 Å². The number of hydrogen-bond acceptors (Lipinski definition) is 3. The van der Waals surface area contributed by atoms with Gasteiger partial charge in [-0.1, -0.05) is 36.4 Å². The molecule has 5 nitrogen and oxygen atoms in total. The van der Waals surface area contributed by atoms with E-state index in [4.69, 9.17) is 0 Å². The van der Waals surface area contributed by atoms with Gasteiger partial charge in [-0.2, -0.15) is 5.10 Å². The van der Waals surface area contributed by atoms with Crippen LogP contribution in [0.25, 0.3) is 10.9 Å².